The van der Waals surface area contributed by atoms with Crippen molar-refractivity contribution >= 4 is 11.9 Å². The highest BCUT2D eigenvalue weighted by atomic mass is 16.6. The van der Waals surface area contributed by atoms with Gasteiger partial charge in [0.2, 0.25) is 5.88 Å². The Hall–Kier alpha value is -2.05. The standard InChI is InChI=1S/C14H22N4O3/c1-14(2,3)21-13(19)18-6-4-5-10(9-18)20-12-8-16-7-11(15)17-12/h7-8,10H,4-6,9H2,1-3H3,(H2,15,17)/t10-/m0/s1. The Kier molecular flexibility index (Phi) is 4.50. The quantitative estimate of drug-likeness (QED) is 0.895. The average molecular weight is 294 g/mol. The number of anilines is 1. The molecule has 1 amide bonds. The van der Waals surface area contributed by atoms with Crippen LogP contribution in [0.5, 0.6) is 5.88 Å². The lowest BCUT2D eigenvalue weighted by Gasteiger charge is -2.33. The number of ether oxygens (including phenoxy) is 2. The van der Waals surface area contributed by atoms with Gasteiger partial charge in [0.05, 0.1) is 18.9 Å². The fourth-order valence-electron chi connectivity index (χ4n) is 2.12. The summed E-state index contributed by atoms with van der Waals surface area (Å²) < 4.78 is 11.1. The number of nitrogens with two attached hydrogens (primary N) is 1. The number of hydrogen-bond acceptors (Lipinski definition) is 6. The molecule has 0 spiro atoms. The van der Waals surface area contributed by atoms with Crippen LogP contribution < -0.4 is 10.5 Å². The van der Waals surface area contributed by atoms with E-state index < -0.39 is 5.60 Å². The summed E-state index contributed by atoms with van der Waals surface area (Å²) >= 11 is 0. The van der Waals surface area contributed by atoms with E-state index in [4.69, 9.17) is 15.2 Å². The molecular formula is C14H22N4O3. The number of rotatable bonds is 2. The van der Waals surface area contributed by atoms with Crippen LogP contribution in [0.1, 0.15) is 33.6 Å². The minimum atomic E-state index is -0.496. The Morgan fingerprint density at radius 1 is 1.43 bits per heavy atom. The van der Waals surface area contributed by atoms with Gasteiger partial charge in [-0.25, -0.2) is 4.79 Å². The maximum Gasteiger partial charge on any atom is 0.410 e. The molecule has 0 radical (unpaired) electrons. The van der Waals surface area contributed by atoms with E-state index in [0.29, 0.717) is 24.8 Å². The first-order valence-electron chi connectivity index (χ1n) is 7.05. The highest BCUT2D eigenvalue weighted by Gasteiger charge is 2.28. The lowest BCUT2D eigenvalue weighted by Crippen LogP contribution is -2.46. The molecular weight excluding hydrogens is 272 g/mol. The summed E-state index contributed by atoms with van der Waals surface area (Å²) in [6, 6.07) is 0. The van der Waals surface area contributed by atoms with Gasteiger partial charge < -0.3 is 20.1 Å². The third-order valence-corrected chi connectivity index (χ3v) is 2.95. The molecule has 1 fully saturated rings. The molecule has 0 aromatic carbocycles. The number of nitrogens with zero attached hydrogens (tertiary/aromatic N) is 3. The summed E-state index contributed by atoms with van der Waals surface area (Å²) in [6.07, 6.45) is 4.26. The number of carbonyl (C=O) groups excluding carboxylic acids is 1. The second kappa shape index (κ2) is 6.15. The SMILES string of the molecule is CC(C)(C)OC(=O)N1CCC[C@H](Oc2cncc(N)n2)C1. The van der Waals surface area contributed by atoms with E-state index in [1.165, 1.54) is 12.4 Å². The number of carbonyl (C=O) groups is 1. The number of amides is 1. The number of piperidine rings is 1. The molecule has 0 bridgehead atoms. The zero-order valence-corrected chi connectivity index (χ0v) is 12.7. The summed E-state index contributed by atoms with van der Waals surface area (Å²) in [5.74, 6) is 0.693. The van der Waals surface area contributed by atoms with Crippen LogP contribution in [-0.4, -0.2) is 45.8 Å². The molecule has 21 heavy (non-hydrogen) atoms. The monoisotopic (exact) mass is 294 g/mol. The normalized spacial score (nSPS) is 19.2. The molecule has 116 valence electrons. The van der Waals surface area contributed by atoms with Crippen LogP contribution in [0.15, 0.2) is 12.4 Å². The molecule has 2 rings (SSSR count). The molecule has 2 N–H and O–H groups in total. The highest BCUT2D eigenvalue weighted by molar-refractivity contribution is 5.68. The molecule has 1 atom stereocenters. The van der Waals surface area contributed by atoms with Crippen LogP contribution in [0.2, 0.25) is 0 Å². The van der Waals surface area contributed by atoms with E-state index in [0.717, 1.165) is 12.8 Å². The molecule has 0 saturated carbocycles. The van der Waals surface area contributed by atoms with Crippen LogP contribution in [0, 0.1) is 0 Å². The molecule has 2 heterocycles. The first kappa shape index (κ1) is 15.3. The first-order valence-corrected chi connectivity index (χ1v) is 7.05. The Bertz CT molecular complexity index is 501. The smallest absolute Gasteiger partial charge is 0.410 e. The van der Waals surface area contributed by atoms with Crippen molar-refractivity contribution in [1.29, 1.82) is 0 Å². The van der Waals surface area contributed by atoms with Crippen LogP contribution >= 0.6 is 0 Å². The maximum atomic E-state index is 12.1. The fraction of sp³-hybridized carbons (Fsp3) is 0.643. The predicted molar refractivity (Wildman–Crippen MR) is 77.9 cm³/mol. The van der Waals surface area contributed by atoms with Crippen molar-refractivity contribution in [2.24, 2.45) is 0 Å². The minimum absolute atomic E-state index is 0.123. The molecule has 0 aliphatic carbocycles. The Morgan fingerprint density at radius 2 is 2.19 bits per heavy atom. The van der Waals surface area contributed by atoms with Gasteiger partial charge in [0, 0.05) is 6.54 Å². The van der Waals surface area contributed by atoms with Gasteiger partial charge in [0.25, 0.3) is 0 Å². The largest absolute Gasteiger partial charge is 0.471 e. The van der Waals surface area contributed by atoms with Gasteiger partial charge in [0.1, 0.15) is 17.5 Å². The van der Waals surface area contributed by atoms with Crippen LogP contribution in [0.3, 0.4) is 0 Å². The third kappa shape index (κ3) is 4.77. The average Bonchev–Trinajstić information content (AvgIpc) is 2.37. The van der Waals surface area contributed by atoms with E-state index in [9.17, 15) is 4.79 Å². The van der Waals surface area contributed by atoms with E-state index in [1.54, 1.807) is 4.90 Å². The molecule has 1 saturated heterocycles. The van der Waals surface area contributed by atoms with Crippen molar-refractivity contribution in [3.63, 3.8) is 0 Å². The fourth-order valence-corrected chi connectivity index (χ4v) is 2.12. The summed E-state index contributed by atoms with van der Waals surface area (Å²) in [6.45, 7) is 6.71. The number of aromatic nitrogens is 2. The van der Waals surface area contributed by atoms with E-state index >= 15 is 0 Å². The van der Waals surface area contributed by atoms with Crippen molar-refractivity contribution in [3.05, 3.63) is 12.4 Å². The molecule has 1 aromatic heterocycles. The van der Waals surface area contributed by atoms with Crippen molar-refractivity contribution < 1.29 is 14.3 Å². The molecule has 1 aliphatic heterocycles. The molecule has 0 unspecified atom stereocenters. The third-order valence-electron chi connectivity index (χ3n) is 2.95. The molecule has 7 heteroatoms. The second-order valence-electron chi connectivity index (χ2n) is 6.09. The summed E-state index contributed by atoms with van der Waals surface area (Å²) in [7, 11) is 0. The lowest BCUT2D eigenvalue weighted by molar-refractivity contribution is 0.00719. The van der Waals surface area contributed by atoms with Gasteiger partial charge in [-0.3, -0.25) is 4.98 Å². The van der Waals surface area contributed by atoms with Gasteiger partial charge in [-0.15, -0.1) is 0 Å². The zero-order valence-electron chi connectivity index (χ0n) is 12.7. The second-order valence-corrected chi connectivity index (χ2v) is 6.09. The van der Waals surface area contributed by atoms with Crippen molar-refractivity contribution in [1.82, 2.24) is 14.9 Å². The Morgan fingerprint density at radius 3 is 2.86 bits per heavy atom. The van der Waals surface area contributed by atoms with Gasteiger partial charge >= 0.3 is 6.09 Å². The summed E-state index contributed by atoms with van der Waals surface area (Å²) in [4.78, 5) is 21.7. The van der Waals surface area contributed by atoms with Crippen LogP contribution in [-0.2, 0) is 4.74 Å². The van der Waals surface area contributed by atoms with Crippen molar-refractivity contribution in [2.75, 3.05) is 18.8 Å². The topological polar surface area (TPSA) is 90.6 Å². The zero-order chi connectivity index (χ0) is 15.5. The van der Waals surface area contributed by atoms with E-state index in [2.05, 4.69) is 9.97 Å². The van der Waals surface area contributed by atoms with Crippen molar-refractivity contribution in [2.45, 2.75) is 45.3 Å². The Balaban J connectivity index is 1.93. The van der Waals surface area contributed by atoms with E-state index in [-0.39, 0.29) is 12.2 Å². The molecule has 1 aliphatic rings. The predicted octanol–water partition coefficient (Wildman–Crippen LogP) is 1.84. The minimum Gasteiger partial charge on any atom is -0.471 e. The van der Waals surface area contributed by atoms with Gasteiger partial charge in [-0.1, -0.05) is 0 Å². The number of nitrogen functional groups attached to an aromatic ring is 1. The van der Waals surface area contributed by atoms with Gasteiger partial charge in [-0.05, 0) is 33.6 Å². The van der Waals surface area contributed by atoms with Crippen LogP contribution in [0.4, 0.5) is 10.6 Å². The van der Waals surface area contributed by atoms with Crippen LogP contribution in [0.25, 0.3) is 0 Å². The maximum absolute atomic E-state index is 12.1. The van der Waals surface area contributed by atoms with Crippen molar-refractivity contribution in [3.8, 4) is 5.88 Å². The van der Waals surface area contributed by atoms with Gasteiger partial charge in [-0.2, -0.15) is 4.98 Å². The summed E-state index contributed by atoms with van der Waals surface area (Å²) in [5.41, 5.74) is 5.07. The number of likely N-dealkylation sites (tertiary alicyclic amines) is 1. The van der Waals surface area contributed by atoms with E-state index in [1.807, 2.05) is 20.8 Å². The first-order chi connectivity index (χ1) is 9.83. The molecule has 7 nitrogen and oxygen atoms in total. The number of hydrogen-bond donors (Lipinski definition) is 1. The summed E-state index contributed by atoms with van der Waals surface area (Å²) in [5, 5.41) is 0. The highest BCUT2D eigenvalue weighted by Crippen LogP contribution is 2.19. The lowest BCUT2D eigenvalue weighted by atomic mass is 10.1. The van der Waals surface area contributed by atoms with Gasteiger partial charge in [0.15, 0.2) is 0 Å². The molecule has 1 aromatic rings. The Labute approximate surface area is 124 Å².